The number of carbonyl (C=O) groups is 1. The standard InChI is InChI=1S/C10H21N3OS/c1-8(10(11)15)7-13(3)6-4-5-9(14)12-2/h8H,4-7H2,1-3H3,(H2,11,15)(H,12,14). The summed E-state index contributed by atoms with van der Waals surface area (Å²) in [6, 6.07) is 0. The third-order valence-corrected chi connectivity index (χ3v) is 2.70. The van der Waals surface area contributed by atoms with Crippen LogP contribution in [0.2, 0.25) is 0 Å². The highest BCUT2D eigenvalue weighted by Crippen LogP contribution is 2.00. The first kappa shape index (κ1) is 14.3. The van der Waals surface area contributed by atoms with Crippen molar-refractivity contribution in [3.8, 4) is 0 Å². The van der Waals surface area contributed by atoms with E-state index in [1.807, 2.05) is 14.0 Å². The number of hydrogen-bond acceptors (Lipinski definition) is 3. The van der Waals surface area contributed by atoms with Crippen molar-refractivity contribution in [2.75, 3.05) is 27.2 Å². The first-order valence-electron chi connectivity index (χ1n) is 5.15. The van der Waals surface area contributed by atoms with Crippen LogP contribution in [0.25, 0.3) is 0 Å². The van der Waals surface area contributed by atoms with Gasteiger partial charge in [-0.3, -0.25) is 4.79 Å². The maximum atomic E-state index is 11.0. The third-order valence-electron chi connectivity index (χ3n) is 2.29. The lowest BCUT2D eigenvalue weighted by Gasteiger charge is -2.20. The maximum Gasteiger partial charge on any atom is 0.219 e. The summed E-state index contributed by atoms with van der Waals surface area (Å²) in [5.74, 6) is 0.316. The number of carbonyl (C=O) groups excluding carboxylic acids is 1. The smallest absolute Gasteiger partial charge is 0.219 e. The summed E-state index contributed by atoms with van der Waals surface area (Å²) in [5.41, 5.74) is 5.52. The van der Waals surface area contributed by atoms with Crippen LogP contribution in [0, 0.1) is 5.92 Å². The van der Waals surface area contributed by atoms with Gasteiger partial charge in [0.1, 0.15) is 0 Å². The molecule has 0 saturated carbocycles. The molecular weight excluding hydrogens is 210 g/mol. The van der Waals surface area contributed by atoms with Crippen LogP contribution < -0.4 is 11.1 Å². The zero-order valence-electron chi connectivity index (χ0n) is 9.75. The van der Waals surface area contributed by atoms with E-state index in [0.29, 0.717) is 11.4 Å². The Morgan fingerprint density at radius 2 is 2.20 bits per heavy atom. The van der Waals surface area contributed by atoms with Crippen molar-refractivity contribution < 1.29 is 4.79 Å². The van der Waals surface area contributed by atoms with Gasteiger partial charge in [-0.25, -0.2) is 0 Å². The van der Waals surface area contributed by atoms with E-state index in [4.69, 9.17) is 18.0 Å². The van der Waals surface area contributed by atoms with Crippen molar-refractivity contribution >= 4 is 23.1 Å². The van der Waals surface area contributed by atoms with Gasteiger partial charge in [-0.05, 0) is 20.0 Å². The molecule has 4 nitrogen and oxygen atoms in total. The molecule has 0 aliphatic carbocycles. The van der Waals surface area contributed by atoms with Gasteiger partial charge in [0.25, 0.3) is 0 Å². The van der Waals surface area contributed by atoms with E-state index in [1.54, 1.807) is 7.05 Å². The van der Waals surface area contributed by atoms with Crippen LogP contribution in [-0.4, -0.2) is 43.0 Å². The lowest BCUT2D eigenvalue weighted by atomic mass is 10.1. The first-order chi connectivity index (χ1) is 6.97. The molecule has 0 saturated heterocycles. The monoisotopic (exact) mass is 231 g/mol. The summed E-state index contributed by atoms with van der Waals surface area (Å²) in [5, 5.41) is 2.60. The number of nitrogens with zero attached hydrogens (tertiary/aromatic N) is 1. The zero-order chi connectivity index (χ0) is 11.8. The molecule has 0 rings (SSSR count). The fraction of sp³-hybridized carbons (Fsp3) is 0.800. The fourth-order valence-corrected chi connectivity index (χ4v) is 1.36. The SMILES string of the molecule is CNC(=O)CCCN(C)CC(C)C(N)=S. The summed E-state index contributed by atoms with van der Waals surface area (Å²) in [6.07, 6.45) is 1.43. The minimum Gasteiger partial charge on any atom is -0.393 e. The normalized spacial score (nSPS) is 12.5. The van der Waals surface area contributed by atoms with Gasteiger partial charge in [0, 0.05) is 25.9 Å². The Balaban J connectivity index is 3.61. The Bertz CT molecular complexity index is 221. The van der Waals surface area contributed by atoms with Gasteiger partial charge < -0.3 is 16.0 Å². The number of nitrogens with one attached hydrogen (secondary N) is 1. The molecule has 1 atom stereocenters. The molecule has 88 valence electrons. The third kappa shape index (κ3) is 7.27. The molecule has 0 aromatic rings. The second-order valence-electron chi connectivity index (χ2n) is 3.84. The molecule has 0 radical (unpaired) electrons. The van der Waals surface area contributed by atoms with E-state index >= 15 is 0 Å². The molecule has 0 bridgehead atoms. The summed E-state index contributed by atoms with van der Waals surface area (Å²) in [4.78, 5) is 13.6. The van der Waals surface area contributed by atoms with Crippen molar-refractivity contribution in [1.29, 1.82) is 0 Å². The summed E-state index contributed by atoms with van der Waals surface area (Å²) >= 11 is 4.90. The molecular formula is C10H21N3OS. The molecule has 0 aliphatic rings. The number of rotatable bonds is 7. The summed E-state index contributed by atoms with van der Waals surface area (Å²) < 4.78 is 0. The molecule has 0 fully saturated rings. The van der Waals surface area contributed by atoms with Crippen molar-refractivity contribution in [3.05, 3.63) is 0 Å². The van der Waals surface area contributed by atoms with Gasteiger partial charge in [-0.15, -0.1) is 0 Å². The van der Waals surface area contributed by atoms with Gasteiger partial charge in [0.05, 0.1) is 4.99 Å². The van der Waals surface area contributed by atoms with Crippen molar-refractivity contribution in [3.63, 3.8) is 0 Å². The van der Waals surface area contributed by atoms with Crippen molar-refractivity contribution in [1.82, 2.24) is 10.2 Å². The van der Waals surface area contributed by atoms with E-state index in [9.17, 15) is 4.79 Å². The van der Waals surface area contributed by atoms with Gasteiger partial charge in [0.2, 0.25) is 5.91 Å². The fourth-order valence-electron chi connectivity index (χ4n) is 1.28. The van der Waals surface area contributed by atoms with Gasteiger partial charge in [0.15, 0.2) is 0 Å². The Hall–Kier alpha value is -0.680. The van der Waals surface area contributed by atoms with Crippen molar-refractivity contribution in [2.24, 2.45) is 11.7 Å². The quantitative estimate of drug-likeness (QED) is 0.621. The molecule has 0 heterocycles. The number of nitrogens with two attached hydrogens (primary N) is 1. The van der Waals surface area contributed by atoms with Crippen LogP contribution in [0.5, 0.6) is 0 Å². The predicted octanol–water partition coefficient (Wildman–Crippen LogP) is 0.367. The van der Waals surface area contributed by atoms with Gasteiger partial charge in [-0.2, -0.15) is 0 Å². The molecule has 0 aliphatic heterocycles. The minimum absolute atomic E-state index is 0.0887. The Kier molecular flexibility index (Phi) is 7.25. The van der Waals surface area contributed by atoms with Crippen LogP contribution in [-0.2, 0) is 4.79 Å². The van der Waals surface area contributed by atoms with E-state index in [-0.39, 0.29) is 11.8 Å². The number of amides is 1. The average molecular weight is 231 g/mol. The second-order valence-corrected chi connectivity index (χ2v) is 4.31. The molecule has 1 amide bonds. The van der Waals surface area contributed by atoms with Crippen LogP contribution in [0.4, 0.5) is 0 Å². The highest BCUT2D eigenvalue weighted by molar-refractivity contribution is 7.80. The highest BCUT2D eigenvalue weighted by atomic mass is 32.1. The van der Waals surface area contributed by atoms with Crippen molar-refractivity contribution in [2.45, 2.75) is 19.8 Å². The first-order valence-corrected chi connectivity index (χ1v) is 5.56. The lowest BCUT2D eigenvalue weighted by Crippen LogP contribution is -2.32. The van der Waals surface area contributed by atoms with Crippen LogP contribution in [0.15, 0.2) is 0 Å². The van der Waals surface area contributed by atoms with E-state index in [0.717, 1.165) is 19.5 Å². The predicted molar refractivity (Wildman–Crippen MR) is 66.7 cm³/mol. The number of thiocarbonyl (C=S) groups is 1. The second kappa shape index (κ2) is 7.59. The van der Waals surface area contributed by atoms with Gasteiger partial charge in [-0.1, -0.05) is 19.1 Å². The van der Waals surface area contributed by atoms with Crippen LogP contribution in [0.3, 0.4) is 0 Å². The summed E-state index contributed by atoms with van der Waals surface area (Å²) in [6.45, 7) is 3.75. The van der Waals surface area contributed by atoms with Crippen LogP contribution >= 0.6 is 12.2 Å². The molecule has 5 heteroatoms. The van der Waals surface area contributed by atoms with E-state index < -0.39 is 0 Å². The van der Waals surface area contributed by atoms with E-state index in [2.05, 4.69) is 10.2 Å². The number of hydrogen-bond donors (Lipinski definition) is 2. The summed E-state index contributed by atoms with van der Waals surface area (Å²) in [7, 11) is 3.67. The molecule has 0 aromatic heterocycles. The average Bonchev–Trinajstić information content (AvgIpc) is 2.17. The topological polar surface area (TPSA) is 58.4 Å². The molecule has 3 N–H and O–H groups in total. The zero-order valence-corrected chi connectivity index (χ0v) is 10.6. The largest absolute Gasteiger partial charge is 0.393 e. The highest BCUT2D eigenvalue weighted by Gasteiger charge is 2.08. The Morgan fingerprint density at radius 1 is 1.60 bits per heavy atom. The Labute approximate surface area is 97.2 Å². The molecule has 15 heavy (non-hydrogen) atoms. The van der Waals surface area contributed by atoms with Crippen LogP contribution in [0.1, 0.15) is 19.8 Å². The minimum atomic E-state index is 0.0887. The molecule has 0 spiro atoms. The molecule has 0 aromatic carbocycles. The van der Waals surface area contributed by atoms with Gasteiger partial charge >= 0.3 is 0 Å². The Morgan fingerprint density at radius 3 is 2.67 bits per heavy atom. The lowest BCUT2D eigenvalue weighted by molar-refractivity contribution is -0.120. The maximum absolute atomic E-state index is 11.0. The molecule has 1 unspecified atom stereocenters. The van der Waals surface area contributed by atoms with E-state index in [1.165, 1.54) is 0 Å².